The number of hydrogen-bond donors (Lipinski definition) is 2. The van der Waals surface area contributed by atoms with E-state index in [-0.39, 0.29) is 24.5 Å². The molecule has 1 aliphatic carbocycles. The van der Waals surface area contributed by atoms with Crippen LogP contribution in [0.15, 0.2) is 24.5 Å². The van der Waals surface area contributed by atoms with E-state index in [1.165, 1.54) is 0 Å². The summed E-state index contributed by atoms with van der Waals surface area (Å²) in [6.45, 7) is 9.21. The van der Waals surface area contributed by atoms with Gasteiger partial charge in [-0.2, -0.15) is 0 Å². The first kappa shape index (κ1) is 28.0. The second-order valence-electron chi connectivity index (χ2n) is 12.2. The van der Waals surface area contributed by atoms with Gasteiger partial charge in [-0.25, -0.2) is 14.6 Å². The Labute approximate surface area is 235 Å². The van der Waals surface area contributed by atoms with Crippen LogP contribution in [0.25, 0.3) is 5.65 Å². The van der Waals surface area contributed by atoms with E-state index in [4.69, 9.17) is 4.74 Å². The van der Waals surface area contributed by atoms with Crippen molar-refractivity contribution in [1.29, 1.82) is 0 Å². The third kappa shape index (κ3) is 6.94. The Balaban J connectivity index is 1.10. The minimum absolute atomic E-state index is 0.212. The van der Waals surface area contributed by atoms with Gasteiger partial charge in [-0.3, -0.25) is 19.4 Å². The van der Waals surface area contributed by atoms with Gasteiger partial charge in [0.2, 0.25) is 5.91 Å². The molecule has 2 N–H and O–H groups in total. The predicted molar refractivity (Wildman–Crippen MR) is 152 cm³/mol. The van der Waals surface area contributed by atoms with Gasteiger partial charge >= 0.3 is 12.1 Å². The van der Waals surface area contributed by atoms with Gasteiger partial charge in [0.25, 0.3) is 0 Å². The molecule has 0 unspecified atom stereocenters. The van der Waals surface area contributed by atoms with Gasteiger partial charge in [0.1, 0.15) is 11.4 Å². The molecule has 10 nitrogen and oxygen atoms in total. The van der Waals surface area contributed by atoms with Gasteiger partial charge in [0.15, 0.2) is 5.65 Å². The second-order valence-corrected chi connectivity index (χ2v) is 12.2. The summed E-state index contributed by atoms with van der Waals surface area (Å²) < 4.78 is 7.26. The number of urea groups is 1. The summed E-state index contributed by atoms with van der Waals surface area (Å²) in [5.74, 6) is 8.22. The number of fused-ring (bicyclic) bond motifs is 1. The molecule has 2 saturated heterocycles. The summed E-state index contributed by atoms with van der Waals surface area (Å²) in [5, 5.41) is 5.40. The zero-order valence-electron chi connectivity index (χ0n) is 23.7. The van der Waals surface area contributed by atoms with Crippen LogP contribution in [-0.4, -0.2) is 70.1 Å². The number of carbonyl (C=O) groups is 3. The molecular weight excluding hydrogens is 508 g/mol. The van der Waals surface area contributed by atoms with Crippen LogP contribution in [0.2, 0.25) is 0 Å². The molecule has 0 atom stereocenters. The maximum Gasteiger partial charge on any atom is 0.407 e. The highest BCUT2D eigenvalue weighted by molar-refractivity contribution is 6.05. The van der Waals surface area contributed by atoms with Crippen LogP contribution in [0.5, 0.6) is 0 Å². The first-order chi connectivity index (χ1) is 19.1. The molecule has 0 bridgehead atoms. The SMILES string of the molecule is CC(C)(C)OC(=O)NC1CCC(CN2CCC(C#Cc3cccn4c(N5CCC(=O)NC5=O)cnc34)CC2)CC1. The lowest BCUT2D eigenvalue weighted by molar-refractivity contribution is -0.120. The average Bonchev–Trinajstić information content (AvgIpc) is 3.33. The fourth-order valence-electron chi connectivity index (χ4n) is 5.85. The Bertz CT molecular complexity index is 1300. The topological polar surface area (TPSA) is 108 Å². The van der Waals surface area contributed by atoms with Crippen molar-refractivity contribution in [3.8, 4) is 11.8 Å². The van der Waals surface area contributed by atoms with E-state index >= 15 is 0 Å². The molecule has 0 radical (unpaired) electrons. The van der Waals surface area contributed by atoms with Gasteiger partial charge < -0.3 is 15.0 Å². The van der Waals surface area contributed by atoms with Crippen LogP contribution in [0, 0.1) is 23.7 Å². The fourth-order valence-corrected chi connectivity index (χ4v) is 5.85. The van der Waals surface area contributed by atoms with Gasteiger partial charge in [-0.15, -0.1) is 0 Å². The smallest absolute Gasteiger partial charge is 0.407 e. The number of imide groups is 1. The van der Waals surface area contributed by atoms with Crippen LogP contribution >= 0.6 is 0 Å². The molecule has 0 aromatic carbocycles. The van der Waals surface area contributed by atoms with E-state index in [2.05, 4.69) is 32.4 Å². The number of carbonyl (C=O) groups excluding carboxylic acids is 3. The third-order valence-electron chi connectivity index (χ3n) is 7.93. The van der Waals surface area contributed by atoms with Crippen molar-refractivity contribution in [3.05, 3.63) is 30.1 Å². The molecule has 3 fully saturated rings. The number of piperidine rings is 1. The third-order valence-corrected chi connectivity index (χ3v) is 7.93. The first-order valence-corrected chi connectivity index (χ1v) is 14.5. The van der Waals surface area contributed by atoms with Crippen molar-refractivity contribution in [1.82, 2.24) is 24.9 Å². The Kier molecular flexibility index (Phi) is 8.31. The maximum absolute atomic E-state index is 12.3. The van der Waals surface area contributed by atoms with Crippen LogP contribution in [0.1, 0.15) is 71.3 Å². The molecule has 10 heteroatoms. The first-order valence-electron chi connectivity index (χ1n) is 14.5. The van der Waals surface area contributed by atoms with Crippen molar-refractivity contribution in [2.24, 2.45) is 11.8 Å². The highest BCUT2D eigenvalue weighted by atomic mass is 16.6. The Morgan fingerprint density at radius 3 is 2.58 bits per heavy atom. The van der Waals surface area contributed by atoms with Crippen LogP contribution < -0.4 is 15.5 Å². The van der Waals surface area contributed by atoms with Crippen molar-refractivity contribution in [3.63, 3.8) is 0 Å². The second kappa shape index (κ2) is 11.9. The van der Waals surface area contributed by atoms with Crippen molar-refractivity contribution in [2.75, 3.05) is 31.1 Å². The lowest BCUT2D eigenvalue weighted by atomic mass is 9.85. The van der Waals surface area contributed by atoms with Crippen LogP contribution in [0.4, 0.5) is 15.4 Å². The van der Waals surface area contributed by atoms with E-state index in [0.29, 0.717) is 29.8 Å². The number of rotatable bonds is 4. The van der Waals surface area contributed by atoms with E-state index in [1.807, 2.05) is 43.5 Å². The molecule has 2 aromatic rings. The monoisotopic (exact) mass is 548 g/mol. The number of aromatic nitrogens is 2. The number of ether oxygens (including phenoxy) is 1. The maximum atomic E-state index is 12.3. The summed E-state index contributed by atoms with van der Waals surface area (Å²) in [4.78, 5) is 44.6. The molecule has 5 rings (SSSR count). The van der Waals surface area contributed by atoms with E-state index in [1.54, 1.807) is 11.1 Å². The van der Waals surface area contributed by atoms with Crippen molar-refractivity contribution >= 4 is 29.5 Å². The van der Waals surface area contributed by atoms with Crippen LogP contribution in [0.3, 0.4) is 0 Å². The van der Waals surface area contributed by atoms with E-state index in [0.717, 1.165) is 63.7 Å². The zero-order chi connectivity index (χ0) is 28.3. The number of amides is 4. The number of likely N-dealkylation sites (tertiary alicyclic amines) is 1. The number of alkyl carbamates (subject to hydrolysis) is 1. The van der Waals surface area contributed by atoms with E-state index in [9.17, 15) is 14.4 Å². The molecular formula is C30H40N6O4. The summed E-state index contributed by atoms with van der Waals surface area (Å²) in [6.07, 6.45) is 9.86. The lowest BCUT2D eigenvalue weighted by Crippen LogP contribution is -2.50. The highest BCUT2D eigenvalue weighted by Crippen LogP contribution is 2.27. The molecule has 214 valence electrons. The number of anilines is 1. The quantitative estimate of drug-likeness (QED) is 0.561. The predicted octanol–water partition coefficient (Wildman–Crippen LogP) is 3.93. The minimum atomic E-state index is -0.468. The van der Waals surface area contributed by atoms with Gasteiger partial charge in [-0.05, 0) is 90.4 Å². The number of nitrogens with zero attached hydrogens (tertiary/aromatic N) is 4. The molecule has 1 saturated carbocycles. The Morgan fingerprint density at radius 2 is 1.88 bits per heavy atom. The number of imidazole rings is 1. The Hall–Kier alpha value is -3.58. The zero-order valence-corrected chi connectivity index (χ0v) is 23.7. The summed E-state index contributed by atoms with van der Waals surface area (Å²) in [6, 6.07) is 3.66. The minimum Gasteiger partial charge on any atom is -0.444 e. The fraction of sp³-hybridized carbons (Fsp3) is 0.600. The molecule has 4 amide bonds. The van der Waals surface area contributed by atoms with Crippen molar-refractivity contribution in [2.45, 2.75) is 77.4 Å². The van der Waals surface area contributed by atoms with Gasteiger partial charge in [0, 0.05) is 37.7 Å². The average molecular weight is 549 g/mol. The Morgan fingerprint density at radius 1 is 1.12 bits per heavy atom. The van der Waals surface area contributed by atoms with E-state index < -0.39 is 11.6 Å². The number of hydrogen-bond acceptors (Lipinski definition) is 6. The van der Waals surface area contributed by atoms with Gasteiger partial charge in [0.05, 0.1) is 11.8 Å². The summed E-state index contributed by atoms with van der Waals surface area (Å²) >= 11 is 0. The normalized spacial score (nSPS) is 22.9. The lowest BCUT2D eigenvalue weighted by Gasteiger charge is -2.36. The highest BCUT2D eigenvalue weighted by Gasteiger charge is 2.28. The number of nitrogens with one attached hydrogen (secondary N) is 2. The van der Waals surface area contributed by atoms with Gasteiger partial charge in [-0.1, -0.05) is 11.8 Å². The van der Waals surface area contributed by atoms with Crippen LogP contribution in [-0.2, 0) is 9.53 Å². The molecule has 2 aromatic heterocycles. The number of pyridine rings is 1. The largest absolute Gasteiger partial charge is 0.444 e. The molecule has 2 aliphatic heterocycles. The summed E-state index contributed by atoms with van der Waals surface area (Å²) in [7, 11) is 0. The molecule has 0 spiro atoms. The van der Waals surface area contributed by atoms with Crippen molar-refractivity contribution < 1.29 is 19.1 Å². The molecule has 40 heavy (non-hydrogen) atoms. The molecule has 4 heterocycles. The molecule has 3 aliphatic rings. The summed E-state index contributed by atoms with van der Waals surface area (Å²) in [5.41, 5.74) is 1.08. The standard InChI is InChI=1S/C30H40N6O4/c1-30(2,3)40-29(39)32-24-10-7-22(8-11-24)20-34-16-12-21(13-17-34)6-9-23-5-4-15-35-26(19-31-27(23)35)36-18-14-25(37)33-28(36)38/h4-5,15,19,21-22,24H,7-8,10-14,16-18,20H2,1-3H3,(H,32,39)(H,33,37,38).